The summed E-state index contributed by atoms with van der Waals surface area (Å²) in [7, 11) is 1.62. The van der Waals surface area contributed by atoms with Crippen LogP contribution in [0.5, 0.6) is 5.75 Å². The van der Waals surface area contributed by atoms with Crippen LogP contribution in [0.3, 0.4) is 0 Å². The Balaban J connectivity index is 1.57. The lowest BCUT2D eigenvalue weighted by molar-refractivity contribution is -0.140. The molecular weight excluding hydrogens is 491 g/mol. The van der Waals surface area contributed by atoms with Crippen LogP contribution in [0.4, 0.5) is 4.39 Å². The fourth-order valence-electron chi connectivity index (χ4n) is 4.45. The number of ether oxygens (including phenoxy) is 1. The van der Waals surface area contributed by atoms with Crippen molar-refractivity contribution in [1.82, 2.24) is 10.2 Å². The normalized spacial score (nSPS) is 11.4. The van der Waals surface area contributed by atoms with E-state index in [9.17, 15) is 14.0 Å². The van der Waals surface area contributed by atoms with Crippen LogP contribution in [0.1, 0.15) is 22.3 Å². The van der Waals surface area contributed by atoms with Crippen molar-refractivity contribution in [2.24, 2.45) is 0 Å². The summed E-state index contributed by atoms with van der Waals surface area (Å²) < 4.78 is 18.8. The van der Waals surface area contributed by atoms with Gasteiger partial charge >= 0.3 is 0 Å². The van der Waals surface area contributed by atoms with Gasteiger partial charge in [0.15, 0.2) is 0 Å². The first-order chi connectivity index (χ1) is 19.0. The Bertz CT molecular complexity index is 1330. The number of benzene rings is 4. The van der Waals surface area contributed by atoms with Crippen LogP contribution in [-0.4, -0.2) is 36.4 Å². The summed E-state index contributed by atoms with van der Waals surface area (Å²) in [6, 6.07) is 32.2. The molecule has 0 aromatic heterocycles. The van der Waals surface area contributed by atoms with E-state index < -0.39 is 6.04 Å². The highest BCUT2D eigenvalue weighted by atomic mass is 19.1. The summed E-state index contributed by atoms with van der Waals surface area (Å²) in [5.41, 5.74) is 3.63. The summed E-state index contributed by atoms with van der Waals surface area (Å²) in [6.07, 6.45) is 1.16. The van der Waals surface area contributed by atoms with Gasteiger partial charge in [-0.05, 0) is 52.9 Å². The minimum Gasteiger partial charge on any atom is -0.497 e. The molecule has 0 aliphatic heterocycles. The molecule has 0 bridgehead atoms. The molecule has 0 radical (unpaired) electrons. The van der Waals surface area contributed by atoms with E-state index in [1.165, 1.54) is 12.1 Å². The first kappa shape index (κ1) is 27.6. The Kier molecular flexibility index (Phi) is 9.84. The van der Waals surface area contributed by atoms with Gasteiger partial charge in [-0.2, -0.15) is 0 Å². The van der Waals surface area contributed by atoms with Crippen molar-refractivity contribution in [2.45, 2.75) is 31.8 Å². The molecule has 0 aliphatic rings. The van der Waals surface area contributed by atoms with Crippen LogP contribution in [0.25, 0.3) is 0 Å². The van der Waals surface area contributed by atoms with Crippen molar-refractivity contribution in [3.63, 3.8) is 0 Å². The number of hydrogen-bond donors (Lipinski definition) is 1. The molecule has 2 amide bonds. The quantitative estimate of drug-likeness (QED) is 0.271. The number of nitrogens with one attached hydrogen (secondary N) is 1. The molecule has 39 heavy (non-hydrogen) atoms. The maximum absolute atomic E-state index is 13.7. The minimum atomic E-state index is -0.746. The Morgan fingerprint density at radius 2 is 1.36 bits per heavy atom. The Labute approximate surface area is 229 Å². The maximum Gasteiger partial charge on any atom is 0.243 e. The van der Waals surface area contributed by atoms with Gasteiger partial charge < -0.3 is 15.0 Å². The summed E-state index contributed by atoms with van der Waals surface area (Å²) in [5.74, 6) is 0.0322. The molecule has 0 fully saturated rings. The van der Waals surface area contributed by atoms with Gasteiger partial charge in [0.25, 0.3) is 0 Å². The largest absolute Gasteiger partial charge is 0.497 e. The van der Waals surface area contributed by atoms with Gasteiger partial charge in [0, 0.05) is 19.5 Å². The molecule has 6 heteroatoms. The lowest BCUT2D eigenvalue weighted by Crippen LogP contribution is -2.51. The van der Waals surface area contributed by atoms with Gasteiger partial charge in [-0.25, -0.2) is 4.39 Å². The number of carbonyl (C=O) groups is 2. The molecule has 4 aromatic rings. The second-order valence-electron chi connectivity index (χ2n) is 9.41. The van der Waals surface area contributed by atoms with E-state index in [0.717, 1.165) is 28.0 Å². The van der Waals surface area contributed by atoms with Gasteiger partial charge in [-0.3, -0.25) is 9.59 Å². The van der Waals surface area contributed by atoms with Crippen molar-refractivity contribution in [3.8, 4) is 5.75 Å². The smallest absolute Gasteiger partial charge is 0.243 e. The van der Waals surface area contributed by atoms with Crippen LogP contribution >= 0.6 is 0 Å². The SMILES string of the molecule is COc1ccc(CCNC(=O)C(Cc2ccccc2)N(Cc2ccc(F)cc2)C(=O)Cc2ccccc2)cc1. The number of hydrogen-bond acceptors (Lipinski definition) is 3. The van der Waals surface area contributed by atoms with Gasteiger partial charge in [0.05, 0.1) is 13.5 Å². The molecule has 0 saturated heterocycles. The summed E-state index contributed by atoms with van der Waals surface area (Å²) >= 11 is 0. The number of amides is 2. The molecule has 0 heterocycles. The van der Waals surface area contributed by atoms with E-state index in [1.807, 2.05) is 84.9 Å². The number of methoxy groups -OCH3 is 1. The fraction of sp³-hybridized carbons (Fsp3) is 0.212. The third kappa shape index (κ3) is 8.27. The zero-order chi connectivity index (χ0) is 27.5. The van der Waals surface area contributed by atoms with Crippen molar-refractivity contribution in [1.29, 1.82) is 0 Å². The third-order valence-corrected chi connectivity index (χ3v) is 6.61. The highest BCUT2D eigenvalue weighted by Gasteiger charge is 2.30. The molecule has 1 unspecified atom stereocenters. The van der Waals surface area contributed by atoms with Gasteiger partial charge in [-0.15, -0.1) is 0 Å². The van der Waals surface area contributed by atoms with Crippen molar-refractivity contribution in [2.75, 3.05) is 13.7 Å². The molecule has 0 saturated carbocycles. The van der Waals surface area contributed by atoms with Crippen molar-refractivity contribution >= 4 is 11.8 Å². The second-order valence-corrected chi connectivity index (χ2v) is 9.41. The Hall–Kier alpha value is -4.45. The molecule has 4 rings (SSSR count). The van der Waals surface area contributed by atoms with Crippen LogP contribution < -0.4 is 10.1 Å². The van der Waals surface area contributed by atoms with E-state index >= 15 is 0 Å². The molecule has 0 aliphatic carbocycles. The Morgan fingerprint density at radius 1 is 0.769 bits per heavy atom. The molecule has 5 nitrogen and oxygen atoms in total. The van der Waals surface area contributed by atoms with E-state index in [2.05, 4.69) is 5.32 Å². The lowest BCUT2D eigenvalue weighted by atomic mass is 10.0. The summed E-state index contributed by atoms with van der Waals surface area (Å²) in [6.45, 7) is 0.614. The molecule has 4 aromatic carbocycles. The average molecular weight is 525 g/mol. The van der Waals surface area contributed by atoms with E-state index in [0.29, 0.717) is 19.4 Å². The van der Waals surface area contributed by atoms with Gasteiger partial charge in [0.1, 0.15) is 17.6 Å². The third-order valence-electron chi connectivity index (χ3n) is 6.61. The molecule has 200 valence electrons. The first-order valence-corrected chi connectivity index (χ1v) is 13.0. The van der Waals surface area contributed by atoms with E-state index in [4.69, 9.17) is 4.74 Å². The van der Waals surface area contributed by atoms with Crippen LogP contribution in [-0.2, 0) is 35.4 Å². The summed E-state index contributed by atoms with van der Waals surface area (Å²) in [5, 5.41) is 3.05. The number of nitrogens with zero attached hydrogens (tertiary/aromatic N) is 1. The topological polar surface area (TPSA) is 58.6 Å². The zero-order valence-corrected chi connectivity index (χ0v) is 22.1. The second kappa shape index (κ2) is 13.9. The zero-order valence-electron chi connectivity index (χ0n) is 22.1. The van der Waals surface area contributed by atoms with Crippen molar-refractivity contribution < 1.29 is 18.7 Å². The van der Waals surface area contributed by atoms with Crippen LogP contribution in [0.2, 0.25) is 0 Å². The fourth-order valence-corrected chi connectivity index (χ4v) is 4.45. The van der Waals surface area contributed by atoms with Gasteiger partial charge in [0.2, 0.25) is 11.8 Å². The first-order valence-electron chi connectivity index (χ1n) is 13.0. The van der Waals surface area contributed by atoms with Crippen LogP contribution in [0, 0.1) is 5.82 Å². The molecular formula is C33H33FN2O3. The lowest BCUT2D eigenvalue weighted by Gasteiger charge is -2.31. The number of halogens is 1. The van der Waals surface area contributed by atoms with E-state index in [1.54, 1.807) is 24.1 Å². The standard InChI is InChI=1S/C33H33FN2O3/c1-39-30-18-14-25(15-19-30)20-21-35-33(38)31(22-26-8-4-2-5-9-26)36(24-28-12-16-29(34)17-13-28)32(37)23-27-10-6-3-7-11-27/h2-19,31H,20-24H2,1H3,(H,35,38). The van der Waals surface area contributed by atoms with Gasteiger partial charge in [-0.1, -0.05) is 84.9 Å². The van der Waals surface area contributed by atoms with E-state index in [-0.39, 0.29) is 30.6 Å². The van der Waals surface area contributed by atoms with Crippen molar-refractivity contribution in [3.05, 3.63) is 137 Å². The average Bonchev–Trinajstić information content (AvgIpc) is 2.97. The molecule has 1 N–H and O–H groups in total. The highest BCUT2D eigenvalue weighted by Crippen LogP contribution is 2.17. The minimum absolute atomic E-state index is 0.159. The predicted molar refractivity (Wildman–Crippen MR) is 151 cm³/mol. The van der Waals surface area contributed by atoms with Crippen LogP contribution in [0.15, 0.2) is 109 Å². The highest BCUT2D eigenvalue weighted by molar-refractivity contribution is 5.88. The predicted octanol–water partition coefficient (Wildman–Crippen LogP) is 5.38. The summed E-state index contributed by atoms with van der Waals surface area (Å²) in [4.78, 5) is 29.1. The monoisotopic (exact) mass is 524 g/mol. The maximum atomic E-state index is 13.7. The Morgan fingerprint density at radius 3 is 1.97 bits per heavy atom. The number of carbonyl (C=O) groups excluding carboxylic acids is 2. The molecule has 1 atom stereocenters. The molecule has 0 spiro atoms. The number of rotatable bonds is 12.